The summed E-state index contributed by atoms with van der Waals surface area (Å²) in [5.74, 6) is 0. The fourth-order valence-electron chi connectivity index (χ4n) is 3.01. The molecule has 0 saturated carbocycles. The fraction of sp³-hybridized carbons (Fsp3) is 0.647. The van der Waals surface area contributed by atoms with Crippen LogP contribution in [0, 0.1) is 5.41 Å². The monoisotopic (exact) mass is 294 g/mol. The lowest BCUT2D eigenvalue weighted by molar-refractivity contribution is 0.238. The van der Waals surface area contributed by atoms with Gasteiger partial charge in [-0.05, 0) is 49.3 Å². The number of anilines is 1. The van der Waals surface area contributed by atoms with Crippen molar-refractivity contribution in [3.8, 4) is 0 Å². The van der Waals surface area contributed by atoms with E-state index in [1.165, 1.54) is 30.5 Å². The number of nitrogens with two attached hydrogens (primary N) is 1. The molecule has 0 radical (unpaired) electrons. The van der Waals surface area contributed by atoms with Crippen LogP contribution in [-0.2, 0) is 6.42 Å². The quantitative estimate of drug-likeness (QED) is 0.899. The van der Waals surface area contributed by atoms with Crippen molar-refractivity contribution in [3.63, 3.8) is 0 Å². The number of nitrogens with zero attached hydrogens (tertiary/aromatic N) is 1. The molecule has 3 heteroatoms. The van der Waals surface area contributed by atoms with E-state index in [0.29, 0.717) is 5.41 Å². The lowest BCUT2D eigenvalue weighted by Crippen LogP contribution is -2.39. The van der Waals surface area contributed by atoms with Crippen molar-refractivity contribution in [2.45, 2.75) is 52.5 Å². The number of hydrogen-bond acceptors (Lipinski definition) is 2. The number of rotatable bonds is 4. The van der Waals surface area contributed by atoms with Gasteiger partial charge in [-0.2, -0.15) is 0 Å². The highest BCUT2D eigenvalue weighted by molar-refractivity contribution is 6.31. The molecule has 20 heavy (non-hydrogen) atoms. The Bertz CT molecular complexity index is 448. The van der Waals surface area contributed by atoms with Gasteiger partial charge in [-0.3, -0.25) is 0 Å². The van der Waals surface area contributed by atoms with Crippen LogP contribution >= 0.6 is 11.6 Å². The van der Waals surface area contributed by atoms with Gasteiger partial charge in [0.25, 0.3) is 0 Å². The molecule has 2 N–H and O–H groups in total. The molecule has 0 amide bonds. The van der Waals surface area contributed by atoms with Crippen LogP contribution in [0.3, 0.4) is 0 Å². The van der Waals surface area contributed by atoms with E-state index in [-0.39, 0.29) is 6.04 Å². The van der Waals surface area contributed by atoms with Gasteiger partial charge in [0.1, 0.15) is 0 Å². The van der Waals surface area contributed by atoms with Crippen molar-refractivity contribution in [2.24, 2.45) is 11.1 Å². The molecule has 1 aromatic carbocycles. The molecule has 0 spiro atoms. The van der Waals surface area contributed by atoms with E-state index in [2.05, 4.69) is 30.9 Å². The van der Waals surface area contributed by atoms with Gasteiger partial charge < -0.3 is 10.6 Å². The van der Waals surface area contributed by atoms with Gasteiger partial charge in [0.2, 0.25) is 0 Å². The van der Waals surface area contributed by atoms with E-state index in [1.54, 1.807) is 0 Å². The molecule has 1 unspecified atom stereocenters. The highest BCUT2D eigenvalue weighted by Gasteiger charge is 2.29. The second-order valence-corrected chi connectivity index (χ2v) is 6.98. The van der Waals surface area contributed by atoms with E-state index in [4.69, 9.17) is 17.3 Å². The maximum Gasteiger partial charge on any atom is 0.0459 e. The Labute approximate surface area is 128 Å². The number of benzene rings is 1. The van der Waals surface area contributed by atoms with Gasteiger partial charge in [0, 0.05) is 29.8 Å². The lowest BCUT2D eigenvalue weighted by Gasteiger charge is -2.41. The Morgan fingerprint density at radius 2 is 2.00 bits per heavy atom. The largest absolute Gasteiger partial charge is 0.371 e. The van der Waals surface area contributed by atoms with E-state index in [9.17, 15) is 0 Å². The molecule has 1 saturated heterocycles. The molecule has 1 aliphatic heterocycles. The molecule has 1 fully saturated rings. The summed E-state index contributed by atoms with van der Waals surface area (Å²) in [7, 11) is 0. The van der Waals surface area contributed by atoms with Gasteiger partial charge in [0.15, 0.2) is 0 Å². The van der Waals surface area contributed by atoms with Crippen LogP contribution in [0.15, 0.2) is 18.2 Å². The third-order valence-corrected chi connectivity index (χ3v) is 5.14. The van der Waals surface area contributed by atoms with Gasteiger partial charge in [0.05, 0.1) is 0 Å². The van der Waals surface area contributed by atoms with E-state index >= 15 is 0 Å². The highest BCUT2D eigenvalue weighted by atomic mass is 35.5. The molecule has 2 nitrogen and oxygen atoms in total. The van der Waals surface area contributed by atoms with Crippen LogP contribution in [-0.4, -0.2) is 19.1 Å². The standard InChI is InChI=1S/C17H27ClN2/c1-4-17(3)8-10-20(11-9-17)16-7-5-6-15(18)14(16)12-13(2)19/h5-7,13H,4,8-12,19H2,1-3H3. The summed E-state index contributed by atoms with van der Waals surface area (Å²) >= 11 is 6.39. The molecule has 1 heterocycles. The van der Waals surface area contributed by atoms with Crippen LogP contribution in [0.1, 0.15) is 45.6 Å². The first kappa shape index (κ1) is 15.7. The average molecular weight is 295 g/mol. The Morgan fingerprint density at radius 3 is 2.55 bits per heavy atom. The average Bonchev–Trinajstić information content (AvgIpc) is 2.42. The van der Waals surface area contributed by atoms with Crippen molar-refractivity contribution >= 4 is 17.3 Å². The zero-order chi connectivity index (χ0) is 14.8. The van der Waals surface area contributed by atoms with Crippen molar-refractivity contribution in [2.75, 3.05) is 18.0 Å². The molecule has 2 rings (SSSR count). The normalized spacial score (nSPS) is 19.9. The molecule has 0 aliphatic carbocycles. The summed E-state index contributed by atoms with van der Waals surface area (Å²) in [6.45, 7) is 8.99. The molecule has 112 valence electrons. The molecule has 0 bridgehead atoms. The van der Waals surface area contributed by atoms with Gasteiger partial charge in [-0.15, -0.1) is 0 Å². The third-order valence-electron chi connectivity index (χ3n) is 4.79. The van der Waals surface area contributed by atoms with Crippen molar-refractivity contribution in [1.29, 1.82) is 0 Å². The van der Waals surface area contributed by atoms with Crippen molar-refractivity contribution in [1.82, 2.24) is 0 Å². The fourth-order valence-corrected chi connectivity index (χ4v) is 3.26. The summed E-state index contributed by atoms with van der Waals surface area (Å²) in [6, 6.07) is 6.36. The lowest BCUT2D eigenvalue weighted by atomic mass is 9.78. The number of halogens is 1. The molecule has 1 aliphatic rings. The summed E-state index contributed by atoms with van der Waals surface area (Å²) < 4.78 is 0. The van der Waals surface area contributed by atoms with Crippen LogP contribution < -0.4 is 10.6 Å². The Kier molecular flexibility index (Phi) is 4.98. The second-order valence-electron chi connectivity index (χ2n) is 6.57. The van der Waals surface area contributed by atoms with E-state index in [1.807, 2.05) is 13.0 Å². The first-order valence-electron chi connectivity index (χ1n) is 7.73. The number of hydrogen-bond donors (Lipinski definition) is 1. The third kappa shape index (κ3) is 3.48. The van der Waals surface area contributed by atoms with Crippen LogP contribution in [0.25, 0.3) is 0 Å². The zero-order valence-electron chi connectivity index (χ0n) is 13.0. The minimum Gasteiger partial charge on any atom is -0.371 e. The van der Waals surface area contributed by atoms with Crippen LogP contribution in [0.5, 0.6) is 0 Å². The summed E-state index contributed by atoms with van der Waals surface area (Å²) in [4.78, 5) is 2.49. The van der Waals surface area contributed by atoms with Gasteiger partial charge in [-0.1, -0.05) is 37.9 Å². The smallest absolute Gasteiger partial charge is 0.0459 e. The minimum absolute atomic E-state index is 0.138. The molecule has 1 atom stereocenters. The minimum atomic E-state index is 0.138. The predicted octanol–water partition coefficient (Wildman–Crippen LogP) is 4.25. The molecular weight excluding hydrogens is 268 g/mol. The first-order valence-corrected chi connectivity index (χ1v) is 8.11. The maximum atomic E-state index is 6.39. The van der Waals surface area contributed by atoms with Gasteiger partial charge in [-0.25, -0.2) is 0 Å². The zero-order valence-corrected chi connectivity index (χ0v) is 13.7. The topological polar surface area (TPSA) is 29.3 Å². The van der Waals surface area contributed by atoms with E-state index < -0.39 is 0 Å². The van der Waals surface area contributed by atoms with Crippen molar-refractivity contribution < 1.29 is 0 Å². The van der Waals surface area contributed by atoms with E-state index in [0.717, 1.165) is 24.5 Å². The summed E-state index contributed by atoms with van der Waals surface area (Å²) in [6.07, 6.45) is 4.63. The highest BCUT2D eigenvalue weighted by Crippen LogP contribution is 2.37. The molecule has 0 aromatic heterocycles. The predicted molar refractivity (Wildman–Crippen MR) is 88.7 cm³/mol. The first-order chi connectivity index (χ1) is 9.45. The molecule has 1 aromatic rings. The SMILES string of the molecule is CCC1(C)CCN(c2cccc(Cl)c2CC(C)N)CC1. The number of piperidine rings is 1. The Morgan fingerprint density at radius 1 is 1.35 bits per heavy atom. The van der Waals surface area contributed by atoms with Crippen LogP contribution in [0.2, 0.25) is 5.02 Å². The Balaban J connectivity index is 2.19. The summed E-state index contributed by atoms with van der Waals surface area (Å²) in [5.41, 5.74) is 8.99. The van der Waals surface area contributed by atoms with Crippen LogP contribution in [0.4, 0.5) is 5.69 Å². The summed E-state index contributed by atoms with van der Waals surface area (Å²) in [5, 5.41) is 0.851. The van der Waals surface area contributed by atoms with Crippen molar-refractivity contribution in [3.05, 3.63) is 28.8 Å². The molecular formula is C17H27ClN2. The Hall–Kier alpha value is -0.730. The maximum absolute atomic E-state index is 6.39. The second kappa shape index (κ2) is 6.36. The van der Waals surface area contributed by atoms with Gasteiger partial charge >= 0.3 is 0 Å².